The van der Waals surface area contributed by atoms with Crippen molar-refractivity contribution in [1.82, 2.24) is 19.3 Å². The van der Waals surface area contributed by atoms with Gasteiger partial charge < -0.3 is 9.30 Å². The molecule has 0 aromatic carbocycles. The van der Waals surface area contributed by atoms with Gasteiger partial charge in [0.1, 0.15) is 0 Å². The molecule has 1 saturated carbocycles. The summed E-state index contributed by atoms with van der Waals surface area (Å²) in [6.45, 7) is 7.52. The molecule has 0 bridgehead atoms. The lowest BCUT2D eigenvalue weighted by Crippen LogP contribution is -2.15. The molecule has 0 aliphatic heterocycles. The normalized spacial score (nSPS) is 13.5. The number of hydrogen-bond donors (Lipinski definition) is 0. The van der Waals surface area contributed by atoms with Crippen LogP contribution >= 0.6 is 0 Å². The van der Waals surface area contributed by atoms with Gasteiger partial charge in [-0.15, -0.1) is 0 Å². The zero-order valence-corrected chi connectivity index (χ0v) is 17.1. The molecule has 0 N–H and O–H groups in total. The van der Waals surface area contributed by atoms with Crippen molar-refractivity contribution in [2.24, 2.45) is 0 Å². The van der Waals surface area contributed by atoms with Crippen molar-refractivity contribution in [3.8, 4) is 5.82 Å². The van der Waals surface area contributed by atoms with Gasteiger partial charge in [-0.3, -0.25) is 4.79 Å². The number of ketones is 1. The number of carbonyl (C=O) groups excluding carboxylic acids is 2. The fraction of sp³-hybridized carbons (Fsp3) is 0.364. The lowest BCUT2D eigenvalue weighted by molar-refractivity contribution is 0.0474. The third kappa shape index (κ3) is 3.72. The fourth-order valence-electron chi connectivity index (χ4n) is 3.74. The average molecular weight is 392 g/mol. The molecule has 150 valence electrons. The predicted octanol–water partition coefficient (Wildman–Crippen LogP) is 3.68. The van der Waals surface area contributed by atoms with Gasteiger partial charge in [0.25, 0.3) is 0 Å². The molecule has 0 spiro atoms. The lowest BCUT2D eigenvalue weighted by atomic mass is 10.1. The molecule has 4 rings (SSSR count). The molecular formula is C22H24N4O3. The molecule has 0 radical (unpaired) electrons. The van der Waals surface area contributed by atoms with Gasteiger partial charge >= 0.3 is 5.97 Å². The third-order valence-corrected chi connectivity index (χ3v) is 5.24. The van der Waals surface area contributed by atoms with Crippen molar-refractivity contribution in [1.29, 1.82) is 0 Å². The zero-order chi connectivity index (χ0) is 20.7. The molecule has 3 aromatic heterocycles. The van der Waals surface area contributed by atoms with Crippen LogP contribution in [-0.4, -0.2) is 37.7 Å². The van der Waals surface area contributed by atoms with E-state index in [2.05, 4.69) is 14.6 Å². The highest BCUT2D eigenvalue weighted by molar-refractivity contribution is 6.00. The molecule has 0 unspecified atom stereocenters. The van der Waals surface area contributed by atoms with Gasteiger partial charge in [-0.05, 0) is 64.8 Å². The van der Waals surface area contributed by atoms with Gasteiger partial charge in [-0.1, -0.05) is 0 Å². The van der Waals surface area contributed by atoms with Crippen LogP contribution in [0.25, 0.3) is 5.82 Å². The summed E-state index contributed by atoms with van der Waals surface area (Å²) < 4.78 is 9.15. The van der Waals surface area contributed by atoms with E-state index in [1.807, 2.05) is 39.8 Å². The van der Waals surface area contributed by atoms with E-state index in [1.54, 1.807) is 16.8 Å². The van der Waals surface area contributed by atoms with E-state index >= 15 is 0 Å². The van der Waals surface area contributed by atoms with E-state index < -0.39 is 5.97 Å². The molecule has 1 aliphatic rings. The molecule has 3 aromatic rings. The van der Waals surface area contributed by atoms with E-state index in [4.69, 9.17) is 4.74 Å². The number of pyridine rings is 1. The summed E-state index contributed by atoms with van der Waals surface area (Å²) in [5, 5.41) is 4.37. The van der Waals surface area contributed by atoms with Crippen molar-refractivity contribution in [2.45, 2.75) is 46.6 Å². The molecule has 7 heteroatoms. The maximum atomic E-state index is 12.6. The first kappa shape index (κ1) is 19.1. The lowest BCUT2D eigenvalue weighted by Gasteiger charge is -2.08. The first-order valence-electron chi connectivity index (χ1n) is 9.73. The summed E-state index contributed by atoms with van der Waals surface area (Å²) in [5.41, 5.74) is 4.80. The van der Waals surface area contributed by atoms with Gasteiger partial charge in [0.15, 0.2) is 12.4 Å². The molecule has 29 heavy (non-hydrogen) atoms. The molecular weight excluding hydrogens is 368 g/mol. The van der Waals surface area contributed by atoms with Crippen LogP contribution < -0.4 is 0 Å². The monoisotopic (exact) mass is 392 g/mol. The Hall–Kier alpha value is -3.22. The largest absolute Gasteiger partial charge is 0.454 e. The van der Waals surface area contributed by atoms with Crippen molar-refractivity contribution in [3.05, 3.63) is 64.4 Å². The Balaban J connectivity index is 1.41. The minimum atomic E-state index is -0.568. The van der Waals surface area contributed by atoms with Crippen LogP contribution in [0.15, 0.2) is 30.5 Å². The van der Waals surface area contributed by atoms with Gasteiger partial charge in [0.2, 0.25) is 5.78 Å². The van der Waals surface area contributed by atoms with E-state index in [9.17, 15) is 9.59 Å². The first-order chi connectivity index (χ1) is 13.8. The second-order valence-corrected chi connectivity index (χ2v) is 7.63. The second-order valence-electron chi connectivity index (χ2n) is 7.63. The van der Waals surface area contributed by atoms with E-state index in [0.717, 1.165) is 35.6 Å². The fourth-order valence-corrected chi connectivity index (χ4v) is 3.74. The number of rotatable bonds is 6. The number of carbonyl (C=O) groups is 2. The molecule has 1 fully saturated rings. The third-order valence-electron chi connectivity index (χ3n) is 5.24. The number of aryl methyl sites for hydroxylation is 3. The Morgan fingerprint density at radius 1 is 1.10 bits per heavy atom. The second kappa shape index (κ2) is 7.31. The van der Waals surface area contributed by atoms with Crippen LogP contribution in [0, 0.1) is 27.7 Å². The number of aromatic nitrogens is 4. The number of hydrogen-bond acceptors (Lipinski definition) is 5. The standard InChI is InChI=1S/C22H24N4O3/c1-13-9-15(3)26(24-13)21-8-5-17(11-23-21)22(28)29-12-20(27)19-10-14(2)25(16(19)4)18-6-7-18/h5,8-11,18H,6-7,12H2,1-4H3. The Morgan fingerprint density at radius 3 is 2.45 bits per heavy atom. The van der Waals surface area contributed by atoms with Crippen LogP contribution in [0.5, 0.6) is 0 Å². The number of Topliss-reactive ketones (excluding diaryl/α,β-unsaturated/α-hetero) is 1. The van der Waals surface area contributed by atoms with Crippen LogP contribution in [0.3, 0.4) is 0 Å². The van der Waals surface area contributed by atoms with Crippen LogP contribution in [0.4, 0.5) is 0 Å². The maximum absolute atomic E-state index is 12.6. The Kier molecular flexibility index (Phi) is 4.82. The van der Waals surface area contributed by atoms with Gasteiger partial charge in [-0.2, -0.15) is 5.10 Å². The molecule has 0 atom stereocenters. The molecule has 1 aliphatic carbocycles. The van der Waals surface area contributed by atoms with E-state index in [0.29, 0.717) is 23.0 Å². The van der Waals surface area contributed by atoms with Crippen molar-refractivity contribution < 1.29 is 14.3 Å². The van der Waals surface area contributed by atoms with Gasteiger partial charge in [0.05, 0.1) is 11.3 Å². The highest BCUT2D eigenvalue weighted by Crippen LogP contribution is 2.38. The summed E-state index contributed by atoms with van der Waals surface area (Å²) >= 11 is 0. The number of ether oxygens (including phenoxy) is 1. The summed E-state index contributed by atoms with van der Waals surface area (Å²) in [5.74, 6) is -0.136. The molecule has 0 amide bonds. The average Bonchev–Trinajstić information content (AvgIpc) is 3.40. The highest BCUT2D eigenvalue weighted by Gasteiger charge is 2.28. The van der Waals surface area contributed by atoms with Crippen molar-refractivity contribution >= 4 is 11.8 Å². The maximum Gasteiger partial charge on any atom is 0.340 e. The van der Waals surface area contributed by atoms with Crippen LogP contribution in [-0.2, 0) is 4.74 Å². The number of esters is 1. The molecule has 3 heterocycles. The molecule has 0 saturated heterocycles. The first-order valence-corrected chi connectivity index (χ1v) is 9.73. The topological polar surface area (TPSA) is 79.0 Å². The number of nitrogens with zero attached hydrogens (tertiary/aromatic N) is 4. The Morgan fingerprint density at radius 2 is 1.86 bits per heavy atom. The van der Waals surface area contributed by atoms with Crippen LogP contribution in [0.1, 0.15) is 62.4 Å². The van der Waals surface area contributed by atoms with Crippen molar-refractivity contribution in [2.75, 3.05) is 6.61 Å². The minimum absolute atomic E-state index is 0.189. The highest BCUT2D eigenvalue weighted by atomic mass is 16.5. The SMILES string of the molecule is Cc1cc(C)n(-c2ccc(C(=O)OCC(=O)c3cc(C)n(C4CC4)c3C)cn2)n1. The quantitative estimate of drug-likeness (QED) is 0.472. The van der Waals surface area contributed by atoms with E-state index in [-0.39, 0.29) is 12.4 Å². The van der Waals surface area contributed by atoms with E-state index in [1.165, 1.54) is 6.20 Å². The Bertz CT molecular complexity index is 1090. The van der Waals surface area contributed by atoms with Gasteiger partial charge in [-0.25, -0.2) is 14.5 Å². The van der Waals surface area contributed by atoms with Crippen molar-refractivity contribution in [3.63, 3.8) is 0 Å². The zero-order valence-electron chi connectivity index (χ0n) is 17.1. The summed E-state index contributed by atoms with van der Waals surface area (Å²) in [6, 6.07) is 7.68. The molecule has 7 nitrogen and oxygen atoms in total. The Labute approximate surface area is 169 Å². The summed E-state index contributed by atoms with van der Waals surface area (Å²) in [4.78, 5) is 29.2. The van der Waals surface area contributed by atoms with Gasteiger partial charge in [0, 0.05) is 34.9 Å². The summed E-state index contributed by atoms with van der Waals surface area (Å²) in [7, 11) is 0. The predicted molar refractivity (Wildman–Crippen MR) is 108 cm³/mol. The smallest absolute Gasteiger partial charge is 0.340 e. The minimum Gasteiger partial charge on any atom is -0.454 e. The summed E-state index contributed by atoms with van der Waals surface area (Å²) in [6.07, 6.45) is 3.75. The van der Waals surface area contributed by atoms with Crippen LogP contribution in [0.2, 0.25) is 0 Å².